The Hall–Kier alpha value is -1.42. The van der Waals surface area contributed by atoms with Crippen LogP contribution in [0.5, 0.6) is 5.75 Å². The summed E-state index contributed by atoms with van der Waals surface area (Å²) in [6.45, 7) is 4.70. The second kappa shape index (κ2) is 4.30. The third kappa shape index (κ3) is 2.37. The van der Waals surface area contributed by atoms with E-state index in [1.165, 1.54) is 18.2 Å². The predicted molar refractivity (Wildman–Crippen MR) is 67.9 cm³/mol. The van der Waals surface area contributed by atoms with Gasteiger partial charge in [0.1, 0.15) is 17.7 Å². The molecular weight excluding hydrogens is 247 g/mol. The van der Waals surface area contributed by atoms with Crippen LogP contribution >= 0.6 is 0 Å². The highest BCUT2D eigenvalue weighted by molar-refractivity contribution is 5.99. The molecule has 4 heteroatoms. The number of carbonyl (C=O) groups excluding carboxylic acids is 1. The first-order chi connectivity index (χ1) is 8.94. The molecule has 0 aromatic heterocycles. The zero-order chi connectivity index (χ0) is 13.6. The van der Waals surface area contributed by atoms with Gasteiger partial charge in [0.05, 0.1) is 17.8 Å². The molecule has 1 aromatic carbocycles. The Bertz CT molecular complexity index is 524. The summed E-state index contributed by atoms with van der Waals surface area (Å²) in [5.41, 5.74) is 0.203. The number of Topliss-reactive ketones (excluding diaryl/α,β-unsaturated/α-hetero) is 1. The average molecular weight is 264 g/mol. The van der Waals surface area contributed by atoms with Gasteiger partial charge in [0.15, 0.2) is 5.78 Å². The Labute approximate surface area is 111 Å². The minimum Gasteiger partial charge on any atom is -0.489 e. The van der Waals surface area contributed by atoms with E-state index in [4.69, 9.17) is 9.47 Å². The van der Waals surface area contributed by atoms with Crippen molar-refractivity contribution in [3.63, 3.8) is 0 Å². The van der Waals surface area contributed by atoms with Crippen molar-refractivity contribution in [2.75, 3.05) is 6.61 Å². The first-order valence-corrected chi connectivity index (χ1v) is 6.58. The fourth-order valence-electron chi connectivity index (χ4n) is 2.90. The van der Waals surface area contributed by atoms with Crippen molar-refractivity contribution in [2.45, 2.75) is 38.4 Å². The lowest BCUT2D eigenvalue weighted by Crippen LogP contribution is -2.34. The van der Waals surface area contributed by atoms with Crippen LogP contribution in [0.1, 0.15) is 37.0 Å². The molecule has 0 amide bonds. The number of fused-ring (bicyclic) bond motifs is 1. The molecule has 0 saturated carbocycles. The summed E-state index contributed by atoms with van der Waals surface area (Å²) in [6, 6.07) is 4.11. The molecule has 19 heavy (non-hydrogen) atoms. The zero-order valence-electron chi connectivity index (χ0n) is 11.1. The number of hydrogen-bond acceptors (Lipinski definition) is 3. The molecule has 0 radical (unpaired) electrons. The van der Waals surface area contributed by atoms with Gasteiger partial charge >= 0.3 is 0 Å². The van der Waals surface area contributed by atoms with Crippen molar-refractivity contribution in [3.05, 3.63) is 29.6 Å². The van der Waals surface area contributed by atoms with Gasteiger partial charge in [0.2, 0.25) is 0 Å². The van der Waals surface area contributed by atoms with Gasteiger partial charge in [0, 0.05) is 12.3 Å². The predicted octanol–water partition coefficient (Wildman–Crippen LogP) is 2.97. The van der Waals surface area contributed by atoms with E-state index in [-0.39, 0.29) is 23.4 Å². The van der Waals surface area contributed by atoms with E-state index < -0.39 is 5.82 Å². The second-order valence-corrected chi connectivity index (χ2v) is 5.96. The standard InChI is InChI=1S/C15H17FO3/c1-15(2)7-9(8-18-15)14-6-12(17)11-5-10(16)3-4-13(11)19-14/h3-5,9,14H,6-8H2,1-2H3/t9-,14-/m0/s1. The van der Waals surface area contributed by atoms with E-state index in [9.17, 15) is 9.18 Å². The molecule has 0 N–H and O–H groups in total. The van der Waals surface area contributed by atoms with Crippen molar-refractivity contribution in [2.24, 2.45) is 5.92 Å². The maximum atomic E-state index is 13.1. The number of benzene rings is 1. The Balaban J connectivity index is 1.82. The number of halogens is 1. The molecule has 1 aromatic rings. The van der Waals surface area contributed by atoms with Gasteiger partial charge in [-0.1, -0.05) is 0 Å². The normalized spacial score (nSPS) is 28.9. The van der Waals surface area contributed by atoms with Crippen molar-refractivity contribution in [1.82, 2.24) is 0 Å². The fraction of sp³-hybridized carbons (Fsp3) is 0.533. The molecule has 2 heterocycles. The summed E-state index contributed by atoms with van der Waals surface area (Å²) in [4.78, 5) is 12.1. The van der Waals surface area contributed by atoms with Gasteiger partial charge in [-0.2, -0.15) is 0 Å². The van der Waals surface area contributed by atoms with Gasteiger partial charge in [-0.15, -0.1) is 0 Å². The van der Waals surface area contributed by atoms with Crippen molar-refractivity contribution in [1.29, 1.82) is 0 Å². The number of carbonyl (C=O) groups is 1. The number of hydrogen-bond donors (Lipinski definition) is 0. The fourth-order valence-corrected chi connectivity index (χ4v) is 2.90. The topological polar surface area (TPSA) is 35.5 Å². The van der Waals surface area contributed by atoms with E-state index in [0.717, 1.165) is 6.42 Å². The Kier molecular flexibility index (Phi) is 2.86. The first-order valence-electron chi connectivity index (χ1n) is 6.58. The van der Waals surface area contributed by atoms with E-state index in [0.29, 0.717) is 24.3 Å². The Morgan fingerprint density at radius 2 is 2.16 bits per heavy atom. The van der Waals surface area contributed by atoms with Crippen molar-refractivity contribution < 1.29 is 18.7 Å². The largest absolute Gasteiger partial charge is 0.489 e. The van der Waals surface area contributed by atoms with Crippen LogP contribution in [0.25, 0.3) is 0 Å². The van der Waals surface area contributed by atoms with Gasteiger partial charge in [0.25, 0.3) is 0 Å². The average Bonchev–Trinajstić information content (AvgIpc) is 2.70. The summed E-state index contributed by atoms with van der Waals surface area (Å²) in [7, 11) is 0. The van der Waals surface area contributed by atoms with Crippen molar-refractivity contribution >= 4 is 5.78 Å². The zero-order valence-corrected chi connectivity index (χ0v) is 11.1. The van der Waals surface area contributed by atoms with E-state index in [2.05, 4.69) is 0 Å². The SMILES string of the molecule is CC1(C)C[C@H]([C@@H]2CC(=O)c3cc(F)ccc3O2)CO1. The number of ketones is 1. The second-order valence-electron chi connectivity index (χ2n) is 5.96. The highest BCUT2D eigenvalue weighted by Crippen LogP contribution is 2.37. The molecule has 1 saturated heterocycles. The summed E-state index contributed by atoms with van der Waals surface area (Å²) in [5, 5.41) is 0. The molecule has 2 aliphatic heterocycles. The molecule has 0 bridgehead atoms. The van der Waals surface area contributed by atoms with Crippen LogP contribution in [0, 0.1) is 11.7 Å². The molecule has 0 unspecified atom stereocenters. The molecule has 2 aliphatic rings. The number of ether oxygens (including phenoxy) is 2. The van der Waals surface area contributed by atoms with Crippen LogP contribution in [0.15, 0.2) is 18.2 Å². The smallest absolute Gasteiger partial charge is 0.170 e. The lowest BCUT2D eigenvalue weighted by Gasteiger charge is -2.29. The highest BCUT2D eigenvalue weighted by atomic mass is 19.1. The highest BCUT2D eigenvalue weighted by Gasteiger charge is 2.40. The summed E-state index contributed by atoms with van der Waals surface area (Å²) in [5.74, 6) is 0.263. The number of rotatable bonds is 1. The molecule has 1 fully saturated rings. The van der Waals surface area contributed by atoms with Gasteiger partial charge in [-0.3, -0.25) is 4.79 Å². The lowest BCUT2D eigenvalue weighted by atomic mass is 9.88. The summed E-state index contributed by atoms with van der Waals surface area (Å²) < 4.78 is 24.7. The van der Waals surface area contributed by atoms with Crippen molar-refractivity contribution in [3.8, 4) is 5.75 Å². The van der Waals surface area contributed by atoms with E-state index in [1.54, 1.807) is 0 Å². The third-order valence-electron chi connectivity index (χ3n) is 3.87. The third-order valence-corrected chi connectivity index (χ3v) is 3.87. The first kappa shape index (κ1) is 12.6. The maximum absolute atomic E-state index is 13.1. The minimum atomic E-state index is -0.403. The lowest BCUT2D eigenvalue weighted by molar-refractivity contribution is 0.0301. The van der Waals surface area contributed by atoms with Crippen LogP contribution in [-0.2, 0) is 4.74 Å². The molecule has 0 aliphatic carbocycles. The van der Waals surface area contributed by atoms with E-state index in [1.807, 2.05) is 13.8 Å². The molecule has 3 nitrogen and oxygen atoms in total. The van der Waals surface area contributed by atoms with E-state index >= 15 is 0 Å². The maximum Gasteiger partial charge on any atom is 0.170 e. The van der Waals surface area contributed by atoms with Crippen LogP contribution < -0.4 is 4.74 Å². The Morgan fingerprint density at radius 3 is 2.84 bits per heavy atom. The quantitative estimate of drug-likeness (QED) is 0.782. The molecule has 102 valence electrons. The molecule has 2 atom stereocenters. The van der Waals surface area contributed by atoms with Crippen LogP contribution in [0.2, 0.25) is 0 Å². The van der Waals surface area contributed by atoms with Gasteiger partial charge < -0.3 is 9.47 Å². The Morgan fingerprint density at radius 1 is 1.37 bits per heavy atom. The molecule has 0 spiro atoms. The van der Waals surface area contributed by atoms with Crippen LogP contribution in [0.3, 0.4) is 0 Å². The molecular formula is C15H17FO3. The molecule has 3 rings (SSSR count). The summed E-state index contributed by atoms with van der Waals surface area (Å²) in [6.07, 6.45) is 1.02. The monoisotopic (exact) mass is 264 g/mol. The van der Waals surface area contributed by atoms with Gasteiger partial charge in [-0.25, -0.2) is 4.39 Å². The van der Waals surface area contributed by atoms with Gasteiger partial charge in [-0.05, 0) is 38.5 Å². The summed E-state index contributed by atoms with van der Waals surface area (Å²) >= 11 is 0. The minimum absolute atomic E-state index is 0.0459. The van der Waals surface area contributed by atoms with Crippen LogP contribution in [0.4, 0.5) is 4.39 Å². The van der Waals surface area contributed by atoms with Crippen LogP contribution in [-0.4, -0.2) is 24.1 Å².